The zero-order chi connectivity index (χ0) is 11.9. The van der Waals surface area contributed by atoms with Gasteiger partial charge in [0.05, 0.1) is 19.1 Å². The lowest BCUT2D eigenvalue weighted by Gasteiger charge is -2.23. The minimum Gasteiger partial charge on any atom is -0.375 e. The van der Waals surface area contributed by atoms with Crippen molar-refractivity contribution in [2.45, 2.75) is 25.4 Å². The summed E-state index contributed by atoms with van der Waals surface area (Å²) in [5.41, 5.74) is 0. The van der Waals surface area contributed by atoms with Gasteiger partial charge in [-0.3, -0.25) is 4.79 Å². The van der Waals surface area contributed by atoms with E-state index in [9.17, 15) is 4.79 Å². The fraction of sp³-hybridized carbons (Fsp3) is 0.917. The molecule has 0 bridgehead atoms. The normalized spacial score (nSPS) is 23.3. The molecule has 0 radical (unpaired) electrons. The van der Waals surface area contributed by atoms with Crippen LogP contribution < -0.4 is 10.6 Å². The highest BCUT2D eigenvalue weighted by atomic mass is 35.5. The van der Waals surface area contributed by atoms with Crippen LogP contribution in [-0.4, -0.2) is 62.8 Å². The van der Waals surface area contributed by atoms with E-state index < -0.39 is 0 Å². The van der Waals surface area contributed by atoms with Gasteiger partial charge in [0.25, 0.3) is 0 Å². The lowest BCUT2D eigenvalue weighted by atomic mass is 10.2. The number of carbonyl (C=O) groups excluding carboxylic acids is 1. The number of amides is 1. The predicted molar refractivity (Wildman–Crippen MR) is 80.4 cm³/mol. The Hall–Kier alpha value is -0.0700. The number of nitrogens with one attached hydrogen (secondary N) is 2. The summed E-state index contributed by atoms with van der Waals surface area (Å²) in [6.45, 7) is 6.52. The second-order valence-corrected chi connectivity index (χ2v) is 4.80. The van der Waals surface area contributed by atoms with E-state index in [4.69, 9.17) is 4.74 Å². The average molecular weight is 314 g/mol. The molecule has 2 aliphatic heterocycles. The van der Waals surface area contributed by atoms with Crippen LogP contribution in [0.25, 0.3) is 0 Å². The van der Waals surface area contributed by atoms with Crippen molar-refractivity contribution in [3.8, 4) is 0 Å². The molecule has 5 nitrogen and oxygen atoms in total. The quantitative estimate of drug-likeness (QED) is 0.772. The van der Waals surface area contributed by atoms with E-state index >= 15 is 0 Å². The van der Waals surface area contributed by atoms with Crippen LogP contribution in [0.1, 0.15) is 19.3 Å². The maximum Gasteiger partial charge on any atom is 0.222 e. The monoisotopic (exact) mass is 313 g/mol. The van der Waals surface area contributed by atoms with Gasteiger partial charge in [0.15, 0.2) is 0 Å². The Morgan fingerprint density at radius 1 is 1.32 bits per heavy atom. The van der Waals surface area contributed by atoms with Crippen LogP contribution in [-0.2, 0) is 9.53 Å². The summed E-state index contributed by atoms with van der Waals surface area (Å²) in [7, 11) is 0. The standard InChI is InChI=1S/C12H23N3O2.2ClH/c16-12(9-11-10-13-4-8-17-11)14-3-7-15-5-1-2-6-15;;/h11,13H,1-10H2,(H,14,16);2*1H. The van der Waals surface area contributed by atoms with Crippen molar-refractivity contribution in [2.24, 2.45) is 0 Å². The van der Waals surface area contributed by atoms with Gasteiger partial charge < -0.3 is 20.3 Å². The molecule has 2 saturated heterocycles. The molecule has 0 aliphatic carbocycles. The largest absolute Gasteiger partial charge is 0.375 e. The van der Waals surface area contributed by atoms with E-state index in [1.807, 2.05) is 0 Å². The summed E-state index contributed by atoms with van der Waals surface area (Å²) >= 11 is 0. The molecule has 2 N–H and O–H groups in total. The first-order valence-corrected chi connectivity index (χ1v) is 6.66. The average Bonchev–Trinajstić information content (AvgIpc) is 2.83. The lowest BCUT2D eigenvalue weighted by molar-refractivity contribution is -0.124. The molecule has 114 valence electrons. The summed E-state index contributed by atoms with van der Waals surface area (Å²) in [6.07, 6.45) is 3.13. The first-order chi connectivity index (χ1) is 8.34. The van der Waals surface area contributed by atoms with Gasteiger partial charge >= 0.3 is 0 Å². The molecule has 0 aromatic carbocycles. The first kappa shape index (κ1) is 18.9. The minimum atomic E-state index is 0. The molecule has 2 rings (SSSR count). The molecule has 0 aromatic rings. The van der Waals surface area contributed by atoms with Crippen molar-refractivity contribution < 1.29 is 9.53 Å². The van der Waals surface area contributed by atoms with Crippen LogP contribution >= 0.6 is 24.8 Å². The Labute approximate surface area is 127 Å². The van der Waals surface area contributed by atoms with Crippen molar-refractivity contribution >= 4 is 30.7 Å². The van der Waals surface area contributed by atoms with Crippen molar-refractivity contribution in [2.75, 3.05) is 45.9 Å². The third kappa shape index (κ3) is 7.32. The van der Waals surface area contributed by atoms with Gasteiger partial charge in [-0.1, -0.05) is 0 Å². The molecule has 0 saturated carbocycles. The summed E-state index contributed by atoms with van der Waals surface area (Å²) in [4.78, 5) is 14.0. The van der Waals surface area contributed by atoms with Gasteiger partial charge in [-0.15, -0.1) is 24.8 Å². The fourth-order valence-electron chi connectivity index (χ4n) is 2.39. The Morgan fingerprint density at radius 3 is 2.68 bits per heavy atom. The molecular weight excluding hydrogens is 289 g/mol. The molecule has 0 spiro atoms. The van der Waals surface area contributed by atoms with Gasteiger partial charge in [-0.05, 0) is 25.9 Å². The minimum absolute atomic E-state index is 0. The van der Waals surface area contributed by atoms with Crippen LogP contribution in [0.2, 0.25) is 0 Å². The number of halogens is 2. The summed E-state index contributed by atoms with van der Waals surface area (Å²) in [5.74, 6) is 0.109. The number of hydrogen-bond acceptors (Lipinski definition) is 4. The third-order valence-corrected chi connectivity index (χ3v) is 3.37. The highest BCUT2D eigenvalue weighted by Gasteiger charge is 2.17. The zero-order valence-electron chi connectivity index (χ0n) is 11.2. The molecule has 19 heavy (non-hydrogen) atoms. The Balaban J connectivity index is 0.00000162. The molecule has 2 fully saturated rings. The molecule has 1 atom stereocenters. The van der Waals surface area contributed by atoms with Crippen molar-refractivity contribution in [1.29, 1.82) is 0 Å². The van der Waals surface area contributed by atoms with E-state index in [0.717, 1.165) is 26.2 Å². The third-order valence-electron chi connectivity index (χ3n) is 3.37. The lowest BCUT2D eigenvalue weighted by Crippen LogP contribution is -2.42. The van der Waals surface area contributed by atoms with Crippen LogP contribution in [0.3, 0.4) is 0 Å². The van der Waals surface area contributed by atoms with Gasteiger partial charge in [-0.25, -0.2) is 0 Å². The van der Waals surface area contributed by atoms with Gasteiger partial charge in [0.2, 0.25) is 5.91 Å². The number of hydrogen-bond donors (Lipinski definition) is 2. The molecule has 2 heterocycles. The first-order valence-electron chi connectivity index (χ1n) is 6.66. The molecule has 1 unspecified atom stereocenters. The van der Waals surface area contributed by atoms with Gasteiger partial charge in [-0.2, -0.15) is 0 Å². The highest BCUT2D eigenvalue weighted by Crippen LogP contribution is 2.05. The van der Waals surface area contributed by atoms with Crippen LogP contribution in [0.15, 0.2) is 0 Å². The predicted octanol–water partition coefficient (Wildman–Crippen LogP) is 0.421. The number of likely N-dealkylation sites (tertiary alicyclic amines) is 1. The van der Waals surface area contributed by atoms with Gasteiger partial charge in [0.1, 0.15) is 0 Å². The van der Waals surface area contributed by atoms with E-state index in [-0.39, 0.29) is 36.8 Å². The van der Waals surface area contributed by atoms with Crippen molar-refractivity contribution in [3.05, 3.63) is 0 Å². The molecule has 1 amide bonds. The molecular formula is C12H25Cl2N3O2. The maximum absolute atomic E-state index is 11.6. The van der Waals surface area contributed by atoms with Crippen LogP contribution in [0, 0.1) is 0 Å². The van der Waals surface area contributed by atoms with Crippen molar-refractivity contribution in [1.82, 2.24) is 15.5 Å². The number of ether oxygens (including phenoxy) is 1. The Kier molecular flexibility index (Phi) is 10.6. The SMILES string of the molecule is Cl.Cl.O=C(CC1CNCCO1)NCCN1CCCC1. The van der Waals surface area contributed by atoms with Crippen LogP contribution in [0.5, 0.6) is 0 Å². The summed E-state index contributed by atoms with van der Waals surface area (Å²) < 4.78 is 5.49. The van der Waals surface area contributed by atoms with E-state index in [0.29, 0.717) is 13.0 Å². The smallest absolute Gasteiger partial charge is 0.222 e. The number of nitrogens with zero attached hydrogens (tertiary/aromatic N) is 1. The molecule has 0 aromatic heterocycles. The van der Waals surface area contributed by atoms with E-state index in [1.165, 1.54) is 25.9 Å². The molecule has 7 heteroatoms. The summed E-state index contributed by atoms with van der Waals surface area (Å²) in [6, 6.07) is 0. The topological polar surface area (TPSA) is 53.6 Å². The summed E-state index contributed by atoms with van der Waals surface area (Å²) in [5, 5.41) is 6.20. The molecule has 2 aliphatic rings. The second-order valence-electron chi connectivity index (χ2n) is 4.80. The van der Waals surface area contributed by atoms with Crippen LogP contribution in [0.4, 0.5) is 0 Å². The zero-order valence-corrected chi connectivity index (χ0v) is 12.9. The Bertz CT molecular complexity index is 245. The van der Waals surface area contributed by atoms with Crippen molar-refractivity contribution in [3.63, 3.8) is 0 Å². The number of carbonyl (C=O) groups is 1. The second kappa shape index (κ2) is 10.7. The van der Waals surface area contributed by atoms with E-state index in [1.54, 1.807) is 0 Å². The Morgan fingerprint density at radius 2 is 2.05 bits per heavy atom. The van der Waals surface area contributed by atoms with E-state index in [2.05, 4.69) is 15.5 Å². The number of rotatable bonds is 5. The fourth-order valence-corrected chi connectivity index (χ4v) is 2.39. The van der Waals surface area contributed by atoms with Gasteiger partial charge in [0, 0.05) is 26.2 Å². The number of morpholine rings is 1. The maximum atomic E-state index is 11.6. The highest BCUT2D eigenvalue weighted by molar-refractivity contribution is 5.85.